The zero-order valence-electron chi connectivity index (χ0n) is 10.0. The van der Waals surface area contributed by atoms with Crippen LogP contribution in [-0.4, -0.2) is 22.6 Å². The van der Waals surface area contributed by atoms with Gasteiger partial charge in [0.05, 0.1) is 12.1 Å². The summed E-state index contributed by atoms with van der Waals surface area (Å²) in [4.78, 5) is 17.1. The van der Waals surface area contributed by atoms with Gasteiger partial charge < -0.3 is 10.0 Å². The molecular formula is C13H14N2O2S. The first-order chi connectivity index (χ1) is 8.70. The fourth-order valence-corrected chi connectivity index (χ4v) is 2.60. The minimum Gasteiger partial charge on any atom is -0.481 e. The average Bonchev–Trinajstić information content (AvgIpc) is 2.79. The monoisotopic (exact) mass is 262 g/mol. The molecule has 0 atom stereocenters. The molecule has 0 aliphatic rings. The van der Waals surface area contributed by atoms with Crippen LogP contribution < -0.4 is 4.90 Å². The van der Waals surface area contributed by atoms with Gasteiger partial charge in [0.15, 0.2) is 5.13 Å². The topological polar surface area (TPSA) is 53.4 Å². The first kappa shape index (κ1) is 12.6. The highest BCUT2D eigenvalue weighted by Crippen LogP contribution is 2.28. The van der Waals surface area contributed by atoms with Gasteiger partial charge >= 0.3 is 5.97 Å². The summed E-state index contributed by atoms with van der Waals surface area (Å²) in [6.07, 6.45) is -0.0250. The molecule has 0 fully saturated rings. The van der Waals surface area contributed by atoms with Crippen molar-refractivity contribution in [1.29, 1.82) is 0 Å². The summed E-state index contributed by atoms with van der Waals surface area (Å²) in [5.74, 6) is -0.852. The summed E-state index contributed by atoms with van der Waals surface area (Å²) in [5, 5.41) is 11.4. The summed E-state index contributed by atoms with van der Waals surface area (Å²) < 4.78 is 0. The standard InChI is InChI=1S/C13H14N2O2S/c1-2-15(11-6-4-3-5-7-11)13-14-10(9-18-13)8-12(16)17/h3-7,9H,2,8H2,1H3,(H,16,17). The highest BCUT2D eigenvalue weighted by molar-refractivity contribution is 7.13. The lowest BCUT2D eigenvalue weighted by atomic mass is 10.3. The summed E-state index contributed by atoms with van der Waals surface area (Å²) in [5.41, 5.74) is 1.67. The van der Waals surface area contributed by atoms with Crippen LogP contribution in [0.15, 0.2) is 35.7 Å². The molecule has 0 aliphatic carbocycles. The molecule has 0 saturated carbocycles. The van der Waals surface area contributed by atoms with Crippen LogP contribution in [0.3, 0.4) is 0 Å². The lowest BCUT2D eigenvalue weighted by Gasteiger charge is -2.19. The van der Waals surface area contributed by atoms with Gasteiger partial charge in [-0.1, -0.05) is 18.2 Å². The molecule has 2 aromatic rings. The van der Waals surface area contributed by atoms with E-state index in [2.05, 4.69) is 9.88 Å². The first-order valence-corrected chi connectivity index (χ1v) is 6.57. The van der Waals surface area contributed by atoms with Crippen molar-refractivity contribution in [2.45, 2.75) is 13.3 Å². The molecule has 4 nitrogen and oxygen atoms in total. The molecule has 2 rings (SSSR count). The third-order valence-electron chi connectivity index (χ3n) is 2.49. The van der Waals surface area contributed by atoms with E-state index in [1.54, 1.807) is 5.38 Å². The Morgan fingerprint density at radius 1 is 1.39 bits per heavy atom. The molecule has 5 heteroatoms. The van der Waals surface area contributed by atoms with Crippen LogP contribution in [0.5, 0.6) is 0 Å². The molecule has 0 unspecified atom stereocenters. The number of carbonyl (C=O) groups is 1. The largest absolute Gasteiger partial charge is 0.481 e. The Morgan fingerprint density at radius 2 is 2.11 bits per heavy atom. The predicted molar refractivity (Wildman–Crippen MR) is 72.6 cm³/mol. The number of benzene rings is 1. The summed E-state index contributed by atoms with van der Waals surface area (Å²) in [7, 11) is 0. The number of carboxylic acids is 1. The molecule has 0 saturated heterocycles. The summed E-state index contributed by atoms with van der Waals surface area (Å²) in [6.45, 7) is 2.84. The van der Waals surface area contributed by atoms with Crippen molar-refractivity contribution >= 4 is 28.1 Å². The Hall–Kier alpha value is -1.88. The third kappa shape index (κ3) is 2.87. The molecule has 0 spiro atoms. The first-order valence-electron chi connectivity index (χ1n) is 5.69. The maximum Gasteiger partial charge on any atom is 0.309 e. The number of thiazole rings is 1. The van der Waals surface area contributed by atoms with E-state index in [0.29, 0.717) is 5.69 Å². The fraction of sp³-hybridized carbons (Fsp3) is 0.231. The average molecular weight is 262 g/mol. The minimum atomic E-state index is -0.852. The summed E-state index contributed by atoms with van der Waals surface area (Å²) >= 11 is 1.47. The number of aliphatic carboxylic acids is 1. The molecule has 0 amide bonds. The van der Waals surface area contributed by atoms with Crippen LogP contribution in [0.4, 0.5) is 10.8 Å². The molecular weight excluding hydrogens is 248 g/mol. The zero-order chi connectivity index (χ0) is 13.0. The van der Waals surface area contributed by atoms with E-state index in [1.807, 2.05) is 37.3 Å². The van der Waals surface area contributed by atoms with Crippen molar-refractivity contribution in [3.63, 3.8) is 0 Å². The Kier molecular flexibility index (Phi) is 3.94. The van der Waals surface area contributed by atoms with E-state index >= 15 is 0 Å². The SMILES string of the molecule is CCN(c1ccccc1)c1nc(CC(=O)O)cs1. The Morgan fingerprint density at radius 3 is 2.72 bits per heavy atom. The highest BCUT2D eigenvalue weighted by atomic mass is 32.1. The second kappa shape index (κ2) is 5.64. The smallest absolute Gasteiger partial charge is 0.309 e. The van der Waals surface area contributed by atoms with Crippen LogP contribution in [0.2, 0.25) is 0 Å². The number of anilines is 2. The quantitative estimate of drug-likeness (QED) is 0.900. The number of hydrogen-bond acceptors (Lipinski definition) is 4. The van der Waals surface area contributed by atoms with Crippen LogP contribution in [0.25, 0.3) is 0 Å². The number of nitrogens with zero attached hydrogens (tertiary/aromatic N) is 2. The lowest BCUT2D eigenvalue weighted by Crippen LogP contribution is -2.15. The van der Waals surface area contributed by atoms with Gasteiger partial charge in [-0.25, -0.2) is 4.98 Å². The van der Waals surface area contributed by atoms with Crippen LogP contribution >= 0.6 is 11.3 Å². The van der Waals surface area contributed by atoms with Crippen molar-refractivity contribution < 1.29 is 9.90 Å². The van der Waals surface area contributed by atoms with Gasteiger partial charge in [-0.2, -0.15) is 0 Å². The molecule has 94 valence electrons. The van der Waals surface area contributed by atoms with E-state index in [9.17, 15) is 4.79 Å². The molecule has 18 heavy (non-hydrogen) atoms. The van der Waals surface area contributed by atoms with E-state index in [1.165, 1.54) is 11.3 Å². The Labute approximate surface area is 110 Å². The van der Waals surface area contributed by atoms with Gasteiger partial charge in [-0.3, -0.25) is 4.79 Å². The van der Waals surface area contributed by atoms with Gasteiger partial charge in [0.2, 0.25) is 0 Å². The fourth-order valence-electron chi connectivity index (χ4n) is 1.69. The van der Waals surface area contributed by atoms with Crippen LogP contribution in [0, 0.1) is 0 Å². The number of hydrogen-bond donors (Lipinski definition) is 1. The van der Waals surface area contributed by atoms with E-state index in [0.717, 1.165) is 17.4 Å². The van der Waals surface area contributed by atoms with Gasteiger partial charge in [0, 0.05) is 17.6 Å². The van der Waals surface area contributed by atoms with Crippen molar-refractivity contribution in [2.75, 3.05) is 11.4 Å². The maximum atomic E-state index is 10.6. The number of aromatic nitrogens is 1. The van der Waals surface area contributed by atoms with Gasteiger partial charge in [0.1, 0.15) is 0 Å². The highest BCUT2D eigenvalue weighted by Gasteiger charge is 2.12. The molecule has 1 aromatic carbocycles. The molecule has 1 N–H and O–H groups in total. The summed E-state index contributed by atoms with van der Waals surface area (Å²) in [6, 6.07) is 9.95. The van der Waals surface area contributed by atoms with Gasteiger partial charge in [0.25, 0.3) is 0 Å². The van der Waals surface area contributed by atoms with Crippen molar-refractivity contribution in [3.8, 4) is 0 Å². The van der Waals surface area contributed by atoms with Gasteiger partial charge in [-0.05, 0) is 19.1 Å². The molecule has 0 aliphatic heterocycles. The number of carboxylic acid groups (broad SMARTS) is 1. The molecule has 0 bridgehead atoms. The van der Waals surface area contributed by atoms with Crippen molar-refractivity contribution in [2.24, 2.45) is 0 Å². The van der Waals surface area contributed by atoms with E-state index < -0.39 is 5.97 Å². The number of para-hydroxylation sites is 1. The second-order valence-corrected chi connectivity index (χ2v) is 4.61. The number of rotatable bonds is 5. The van der Waals surface area contributed by atoms with E-state index in [-0.39, 0.29) is 6.42 Å². The normalized spacial score (nSPS) is 10.3. The molecule has 1 aromatic heterocycles. The van der Waals surface area contributed by atoms with E-state index in [4.69, 9.17) is 5.11 Å². The van der Waals surface area contributed by atoms with Crippen molar-refractivity contribution in [1.82, 2.24) is 4.98 Å². The maximum absolute atomic E-state index is 10.6. The van der Waals surface area contributed by atoms with Crippen LogP contribution in [0.1, 0.15) is 12.6 Å². The molecule has 1 heterocycles. The zero-order valence-corrected chi connectivity index (χ0v) is 10.9. The molecule has 0 radical (unpaired) electrons. The van der Waals surface area contributed by atoms with Gasteiger partial charge in [-0.15, -0.1) is 11.3 Å². The predicted octanol–water partition coefficient (Wildman–Crippen LogP) is 2.93. The van der Waals surface area contributed by atoms with Crippen LogP contribution in [-0.2, 0) is 11.2 Å². The Bertz CT molecular complexity index is 525. The second-order valence-electron chi connectivity index (χ2n) is 3.77. The Balaban J connectivity index is 2.23. The lowest BCUT2D eigenvalue weighted by molar-refractivity contribution is -0.136. The minimum absolute atomic E-state index is 0.0250. The van der Waals surface area contributed by atoms with Crippen molar-refractivity contribution in [3.05, 3.63) is 41.4 Å². The third-order valence-corrected chi connectivity index (χ3v) is 3.40.